The summed E-state index contributed by atoms with van der Waals surface area (Å²) in [5.74, 6) is 0.351. The van der Waals surface area contributed by atoms with Crippen LogP contribution in [-0.4, -0.2) is 19.1 Å². The number of aryl methyl sites for hydroxylation is 1. The number of anilines is 1. The number of benzene rings is 2. The van der Waals surface area contributed by atoms with Crippen LogP contribution in [0.25, 0.3) is 0 Å². The first-order valence-electron chi connectivity index (χ1n) is 7.45. The summed E-state index contributed by atoms with van der Waals surface area (Å²) in [4.78, 5) is 12.5. The molecule has 4 heteroatoms. The van der Waals surface area contributed by atoms with E-state index in [2.05, 4.69) is 5.32 Å². The second-order valence-electron chi connectivity index (χ2n) is 5.10. The van der Waals surface area contributed by atoms with Crippen LogP contribution < -0.4 is 15.8 Å². The minimum Gasteiger partial charge on any atom is -0.494 e. The average Bonchev–Trinajstić information content (AvgIpc) is 2.52. The fraction of sp³-hybridized carbons (Fsp3) is 0.278. The molecule has 116 valence electrons. The Labute approximate surface area is 131 Å². The molecule has 0 fully saturated rings. The molecule has 2 aromatic rings. The summed E-state index contributed by atoms with van der Waals surface area (Å²) in [6.45, 7) is 4.77. The van der Waals surface area contributed by atoms with Gasteiger partial charge in [-0.15, -0.1) is 0 Å². The Morgan fingerprint density at radius 3 is 2.55 bits per heavy atom. The summed E-state index contributed by atoms with van der Waals surface area (Å²) in [7, 11) is 0. The fourth-order valence-corrected chi connectivity index (χ4v) is 2.33. The third-order valence-electron chi connectivity index (χ3n) is 3.52. The number of hydrogen-bond donors (Lipinski definition) is 2. The number of hydrogen-bond acceptors (Lipinski definition) is 3. The Morgan fingerprint density at radius 1 is 1.23 bits per heavy atom. The maximum atomic E-state index is 12.5. The Morgan fingerprint density at radius 2 is 1.95 bits per heavy atom. The summed E-state index contributed by atoms with van der Waals surface area (Å²) in [6, 6.07) is 15.2. The molecular formula is C18H22N2O2. The standard InChI is InChI=1S/C18H22N2O2/c1-3-22-15-9-10-17(13(2)11-15)20-18(21)16(12-19)14-7-5-4-6-8-14/h4-11,16H,3,12,19H2,1-2H3,(H,20,21). The van der Waals surface area contributed by atoms with Gasteiger partial charge in [0, 0.05) is 12.2 Å². The van der Waals surface area contributed by atoms with E-state index in [1.807, 2.05) is 62.4 Å². The summed E-state index contributed by atoms with van der Waals surface area (Å²) >= 11 is 0. The third kappa shape index (κ3) is 3.86. The van der Waals surface area contributed by atoms with Crippen LogP contribution in [0.1, 0.15) is 24.0 Å². The molecule has 0 bridgehead atoms. The SMILES string of the molecule is CCOc1ccc(NC(=O)C(CN)c2ccccc2)c(C)c1. The number of rotatable bonds is 6. The predicted octanol–water partition coefficient (Wildman–Crippen LogP) is 3.07. The van der Waals surface area contributed by atoms with Crippen molar-refractivity contribution >= 4 is 11.6 Å². The van der Waals surface area contributed by atoms with E-state index < -0.39 is 0 Å². The van der Waals surface area contributed by atoms with Crippen LogP contribution >= 0.6 is 0 Å². The lowest BCUT2D eigenvalue weighted by Crippen LogP contribution is -2.27. The van der Waals surface area contributed by atoms with E-state index in [-0.39, 0.29) is 18.4 Å². The summed E-state index contributed by atoms with van der Waals surface area (Å²) < 4.78 is 5.45. The summed E-state index contributed by atoms with van der Waals surface area (Å²) in [6.07, 6.45) is 0. The fourth-order valence-electron chi connectivity index (χ4n) is 2.33. The lowest BCUT2D eigenvalue weighted by molar-refractivity contribution is -0.117. The molecule has 2 aromatic carbocycles. The van der Waals surface area contributed by atoms with Crippen molar-refractivity contribution in [3.05, 3.63) is 59.7 Å². The number of nitrogens with two attached hydrogens (primary N) is 1. The van der Waals surface area contributed by atoms with Gasteiger partial charge in [0.05, 0.1) is 12.5 Å². The van der Waals surface area contributed by atoms with Crippen molar-refractivity contribution in [2.45, 2.75) is 19.8 Å². The minimum atomic E-state index is -0.354. The van der Waals surface area contributed by atoms with Crippen LogP contribution in [-0.2, 0) is 4.79 Å². The Hall–Kier alpha value is -2.33. The van der Waals surface area contributed by atoms with Crippen molar-refractivity contribution < 1.29 is 9.53 Å². The zero-order chi connectivity index (χ0) is 15.9. The molecule has 3 N–H and O–H groups in total. The number of amides is 1. The molecule has 0 heterocycles. The minimum absolute atomic E-state index is 0.0963. The first-order chi connectivity index (χ1) is 10.7. The number of carbonyl (C=O) groups excluding carboxylic acids is 1. The summed E-state index contributed by atoms with van der Waals surface area (Å²) in [5.41, 5.74) is 8.44. The van der Waals surface area contributed by atoms with Gasteiger partial charge < -0.3 is 15.8 Å². The van der Waals surface area contributed by atoms with Crippen LogP contribution in [0.5, 0.6) is 5.75 Å². The third-order valence-corrected chi connectivity index (χ3v) is 3.52. The highest BCUT2D eigenvalue weighted by Gasteiger charge is 2.19. The van der Waals surface area contributed by atoms with Crippen LogP contribution in [0, 0.1) is 6.92 Å². The number of carbonyl (C=O) groups is 1. The zero-order valence-corrected chi connectivity index (χ0v) is 13.0. The Balaban J connectivity index is 2.14. The maximum Gasteiger partial charge on any atom is 0.233 e. The van der Waals surface area contributed by atoms with Gasteiger partial charge in [-0.1, -0.05) is 30.3 Å². The van der Waals surface area contributed by atoms with E-state index in [0.717, 1.165) is 22.6 Å². The molecule has 0 aliphatic rings. The predicted molar refractivity (Wildman–Crippen MR) is 89.2 cm³/mol. The van der Waals surface area contributed by atoms with E-state index in [9.17, 15) is 4.79 Å². The molecule has 4 nitrogen and oxygen atoms in total. The molecule has 0 saturated heterocycles. The van der Waals surface area contributed by atoms with E-state index in [1.54, 1.807) is 0 Å². The van der Waals surface area contributed by atoms with Crippen molar-refractivity contribution in [1.29, 1.82) is 0 Å². The van der Waals surface area contributed by atoms with Gasteiger partial charge in [-0.2, -0.15) is 0 Å². The van der Waals surface area contributed by atoms with Gasteiger partial charge in [0.1, 0.15) is 5.75 Å². The molecule has 0 aromatic heterocycles. The Kier molecular flexibility index (Phi) is 5.55. The van der Waals surface area contributed by atoms with Gasteiger partial charge in [0.15, 0.2) is 0 Å². The van der Waals surface area contributed by atoms with E-state index in [1.165, 1.54) is 0 Å². The van der Waals surface area contributed by atoms with Gasteiger partial charge in [-0.3, -0.25) is 4.79 Å². The lowest BCUT2D eigenvalue weighted by atomic mass is 9.98. The molecule has 2 rings (SSSR count). The Bertz CT molecular complexity index is 626. The highest BCUT2D eigenvalue weighted by molar-refractivity contribution is 5.96. The summed E-state index contributed by atoms with van der Waals surface area (Å²) in [5, 5.41) is 2.95. The molecule has 22 heavy (non-hydrogen) atoms. The lowest BCUT2D eigenvalue weighted by Gasteiger charge is -2.17. The van der Waals surface area contributed by atoms with Gasteiger partial charge in [-0.25, -0.2) is 0 Å². The first kappa shape index (κ1) is 16.0. The van der Waals surface area contributed by atoms with E-state index in [4.69, 9.17) is 10.5 Å². The molecule has 0 spiro atoms. The van der Waals surface area contributed by atoms with E-state index in [0.29, 0.717) is 6.61 Å². The second-order valence-corrected chi connectivity index (χ2v) is 5.10. The zero-order valence-electron chi connectivity index (χ0n) is 13.0. The van der Waals surface area contributed by atoms with Crippen molar-refractivity contribution in [1.82, 2.24) is 0 Å². The molecule has 1 unspecified atom stereocenters. The van der Waals surface area contributed by atoms with Crippen LogP contribution in [0.15, 0.2) is 48.5 Å². The first-order valence-corrected chi connectivity index (χ1v) is 7.45. The normalized spacial score (nSPS) is 11.8. The second kappa shape index (κ2) is 7.61. The average molecular weight is 298 g/mol. The van der Waals surface area contributed by atoms with Crippen LogP contribution in [0.3, 0.4) is 0 Å². The van der Waals surface area contributed by atoms with E-state index >= 15 is 0 Å². The van der Waals surface area contributed by atoms with Crippen molar-refractivity contribution in [3.63, 3.8) is 0 Å². The molecular weight excluding hydrogens is 276 g/mol. The molecule has 0 aliphatic carbocycles. The number of nitrogens with one attached hydrogen (secondary N) is 1. The maximum absolute atomic E-state index is 12.5. The highest BCUT2D eigenvalue weighted by atomic mass is 16.5. The van der Waals surface area contributed by atoms with Gasteiger partial charge in [0.2, 0.25) is 5.91 Å². The number of ether oxygens (including phenoxy) is 1. The molecule has 1 amide bonds. The molecule has 0 aliphatic heterocycles. The molecule has 1 atom stereocenters. The van der Waals surface area contributed by atoms with Crippen LogP contribution in [0.4, 0.5) is 5.69 Å². The quantitative estimate of drug-likeness (QED) is 0.861. The van der Waals surface area contributed by atoms with Gasteiger partial charge >= 0.3 is 0 Å². The molecule has 0 radical (unpaired) electrons. The van der Waals surface area contributed by atoms with Crippen molar-refractivity contribution in [2.75, 3.05) is 18.5 Å². The van der Waals surface area contributed by atoms with Crippen molar-refractivity contribution in [3.8, 4) is 5.75 Å². The van der Waals surface area contributed by atoms with Crippen molar-refractivity contribution in [2.24, 2.45) is 5.73 Å². The van der Waals surface area contributed by atoms with Gasteiger partial charge in [-0.05, 0) is 43.2 Å². The monoisotopic (exact) mass is 298 g/mol. The van der Waals surface area contributed by atoms with Gasteiger partial charge in [0.25, 0.3) is 0 Å². The smallest absolute Gasteiger partial charge is 0.233 e. The van der Waals surface area contributed by atoms with Crippen LogP contribution in [0.2, 0.25) is 0 Å². The topological polar surface area (TPSA) is 64.3 Å². The highest BCUT2D eigenvalue weighted by Crippen LogP contribution is 2.23. The largest absolute Gasteiger partial charge is 0.494 e. The molecule has 0 saturated carbocycles.